The summed E-state index contributed by atoms with van der Waals surface area (Å²) in [5, 5.41) is 3.41. The number of anilines is 1. The molecular formula is C17H17ClN2O3. The highest BCUT2D eigenvalue weighted by Crippen LogP contribution is 2.21. The van der Waals surface area contributed by atoms with Crippen LogP contribution in [0.2, 0.25) is 5.02 Å². The summed E-state index contributed by atoms with van der Waals surface area (Å²) in [6.07, 6.45) is 2.39. The topological polar surface area (TPSA) is 60.5 Å². The van der Waals surface area contributed by atoms with Gasteiger partial charge in [-0.05, 0) is 30.7 Å². The standard InChI is InChI=1S/C17H17ClN2O3/c1-11-2-4-13(8-15(11)18)20-17(21)12-3-5-16(19-9-12)23-14-6-7-22-10-14/h2-5,8-9,14H,6-7,10H2,1H3,(H,20,21). The number of carbonyl (C=O) groups excluding carboxylic acids is 1. The third-order valence-corrected chi connectivity index (χ3v) is 4.01. The van der Waals surface area contributed by atoms with E-state index in [2.05, 4.69) is 10.3 Å². The zero-order valence-electron chi connectivity index (χ0n) is 12.7. The molecule has 0 spiro atoms. The van der Waals surface area contributed by atoms with Crippen molar-refractivity contribution >= 4 is 23.2 Å². The van der Waals surface area contributed by atoms with Gasteiger partial charge in [0.2, 0.25) is 5.88 Å². The first-order valence-corrected chi connectivity index (χ1v) is 7.77. The summed E-state index contributed by atoms with van der Waals surface area (Å²) in [7, 11) is 0. The largest absolute Gasteiger partial charge is 0.472 e. The Hall–Kier alpha value is -2.11. The fourth-order valence-electron chi connectivity index (χ4n) is 2.23. The van der Waals surface area contributed by atoms with E-state index < -0.39 is 0 Å². The van der Waals surface area contributed by atoms with Crippen LogP contribution in [0.15, 0.2) is 36.5 Å². The van der Waals surface area contributed by atoms with Crippen molar-refractivity contribution in [3.05, 3.63) is 52.7 Å². The number of nitrogens with one attached hydrogen (secondary N) is 1. The van der Waals surface area contributed by atoms with Gasteiger partial charge in [-0.25, -0.2) is 4.98 Å². The first-order chi connectivity index (χ1) is 11.1. The van der Waals surface area contributed by atoms with Crippen LogP contribution in [0.4, 0.5) is 5.69 Å². The third-order valence-electron chi connectivity index (χ3n) is 3.60. The number of ether oxygens (including phenoxy) is 2. The molecular weight excluding hydrogens is 316 g/mol. The van der Waals surface area contributed by atoms with Gasteiger partial charge in [-0.3, -0.25) is 4.79 Å². The van der Waals surface area contributed by atoms with E-state index in [1.165, 1.54) is 6.20 Å². The average Bonchev–Trinajstić information content (AvgIpc) is 3.04. The van der Waals surface area contributed by atoms with E-state index in [0.717, 1.165) is 12.0 Å². The SMILES string of the molecule is Cc1ccc(NC(=O)c2ccc(OC3CCOC3)nc2)cc1Cl. The molecule has 6 heteroatoms. The number of benzene rings is 1. The number of aryl methyl sites for hydroxylation is 1. The van der Waals surface area contributed by atoms with Crippen molar-refractivity contribution in [3.8, 4) is 5.88 Å². The smallest absolute Gasteiger partial charge is 0.257 e. The first kappa shape index (κ1) is 15.8. The number of pyridine rings is 1. The molecule has 0 saturated carbocycles. The molecule has 1 aliphatic rings. The second-order valence-corrected chi connectivity index (χ2v) is 5.81. The summed E-state index contributed by atoms with van der Waals surface area (Å²) in [4.78, 5) is 16.4. The Morgan fingerprint density at radius 3 is 2.91 bits per heavy atom. The Balaban J connectivity index is 1.63. The Morgan fingerprint density at radius 2 is 2.26 bits per heavy atom. The molecule has 1 aromatic carbocycles. The molecule has 1 fully saturated rings. The van der Waals surface area contributed by atoms with Gasteiger partial charge >= 0.3 is 0 Å². The van der Waals surface area contributed by atoms with Crippen LogP contribution in [0.3, 0.4) is 0 Å². The zero-order valence-corrected chi connectivity index (χ0v) is 13.5. The molecule has 0 aliphatic carbocycles. The maximum Gasteiger partial charge on any atom is 0.257 e. The van der Waals surface area contributed by atoms with Crippen molar-refractivity contribution < 1.29 is 14.3 Å². The molecule has 120 valence electrons. The summed E-state index contributed by atoms with van der Waals surface area (Å²) in [5.41, 5.74) is 2.06. The highest BCUT2D eigenvalue weighted by atomic mass is 35.5. The van der Waals surface area contributed by atoms with Crippen molar-refractivity contribution in [2.45, 2.75) is 19.4 Å². The van der Waals surface area contributed by atoms with Crippen LogP contribution in [-0.2, 0) is 4.74 Å². The summed E-state index contributed by atoms with van der Waals surface area (Å²) in [5.74, 6) is 0.253. The van der Waals surface area contributed by atoms with Gasteiger partial charge in [-0.2, -0.15) is 0 Å². The Kier molecular flexibility index (Phi) is 4.79. The van der Waals surface area contributed by atoms with E-state index in [9.17, 15) is 4.79 Å². The minimum absolute atomic E-state index is 0.0388. The van der Waals surface area contributed by atoms with Crippen molar-refractivity contribution in [1.29, 1.82) is 0 Å². The average molecular weight is 333 g/mol. The molecule has 1 amide bonds. The molecule has 0 radical (unpaired) electrons. The number of aromatic nitrogens is 1. The molecule has 5 nitrogen and oxygen atoms in total. The molecule has 2 aromatic rings. The maximum atomic E-state index is 12.2. The Morgan fingerprint density at radius 1 is 1.39 bits per heavy atom. The fraction of sp³-hybridized carbons (Fsp3) is 0.294. The lowest BCUT2D eigenvalue weighted by molar-refractivity contribution is 0.102. The van der Waals surface area contributed by atoms with E-state index >= 15 is 0 Å². The predicted octanol–water partition coefficient (Wildman–Crippen LogP) is 3.46. The summed E-state index contributed by atoms with van der Waals surface area (Å²) >= 11 is 6.05. The van der Waals surface area contributed by atoms with Crippen molar-refractivity contribution in [2.75, 3.05) is 18.5 Å². The number of rotatable bonds is 4. The first-order valence-electron chi connectivity index (χ1n) is 7.40. The lowest BCUT2D eigenvalue weighted by atomic mass is 10.2. The predicted molar refractivity (Wildman–Crippen MR) is 88.2 cm³/mol. The van der Waals surface area contributed by atoms with E-state index in [-0.39, 0.29) is 12.0 Å². The highest BCUT2D eigenvalue weighted by Gasteiger charge is 2.18. The van der Waals surface area contributed by atoms with Gasteiger partial charge in [-0.1, -0.05) is 17.7 Å². The number of hydrogen-bond donors (Lipinski definition) is 1. The summed E-state index contributed by atoms with van der Waals surface area (Å²) in [6, 6.07) is 8.76. The number of hydrogen-bond acceptors (Lipinski definition) is 4. The molecule has 3 rings (SSSR count). The maximum absolute atomic E-state index is 12.2. The van der Waals surface area contributed by atoms with Crippen LogP contribution in [0.1, 0.15) is 22.3 Å². The van der Waals surface area contributed by atoms with Crippen LogP contribution < -0.4 is 10.1 Å². The second-order valence-electron chi connectivity index (χ2n) is 5.41. The van der Waals surface area contributed by atoms with E-state index in [1.54, 1.807) is 18.2 Å². The molecule has 1 saturated heterocycles. The van der Waals surface area contributed by atoms with Crippen molar-refractivity contribution in [3.63, 3.8) is 0 Å². The molecule has 0 bridgehead atoms. The molecule has 1 aromatic heterocycles. The number of amides is 1. The highest BCUT2D eigenvalue weighted by molar-refractivity contribution is 6.31. The van der Waals surface area contributed by atoms with Crippen LogP contribution >= 0.6 is 11.6 Å². The minimum Gasteiger partial charge on any atom is -0.472 e. The van der Waals surface area contributed by atoms with Gasteiger partial charge in [0.05, 0.1) is 18.8 Å². The van der Waals surface area contributed by atoms with Gasteiger partial charge in [0, 0.05) is 29.4 Å². The van der Waals surface area contributed by atoms with E-state index in [4.69, 9.17) is 21.1 Å². The van der Waals surface area contributed by atoms with Crippen molar-refractivity contribution in [1.82, 2.24) is 4.98 Å². The Bertz CT molecular complexity index is 697. The molecule has 1 aliphatic heterocycles. The lowest BCUT2D eigenvalue weighted by Gasteiger charge is -2.11. The Labute approximate surface area is 139 Å². The molecule has 1 N–H and O–H groups in total. The normalized spacial score (nSPS) is 17.0. The third kappa shape index (κ3) is 4.00. The lowest BCUT2D eigenvalue weighted by Crippen LogP contribution is -2.17. The van der Waals surface area contributed by atoms with Crippen LogP contribution in [0.5, 0.6) is 5.88 Å². The minimum atomic E-state index is -0.242. The quantitative estimate of drug-likeness (QED) is 0.931. The van der Waals surface area contributed by atoms with Crippen molar-refractivity contribution in [2.24, 2.45) is 0 Å². The summed E-state index contributed by atoms with van der Waals surface area (Å²) < 4.78 is 10.9. The van der Waals surface area contributed by atoms with Crippen LogP contribution in [0.25, 0.3) is 0 Å². The van der Waals surface area contributed by atoms with E-state index in [1.807, 2.05) is 19.1 Å². The van der Waals surface area contributed by atoms with Gasteiger partial charge in [0.15, 0.2) is 0 Å². The monoisotopic (exact) mass is 332 g/mol. The van der Waals surface area contributed by atoms with Gasteiger partial charge < -0.3 is 14.8 Å². The number of carbonyl (C=O) groups is 1. The van der Waals surface area contributed by atoms with Gasteiger partial charge in [0.25, 0.3) is 5.91 Å². The molecule has 1 unspecified atom stereocenters. The summed E-state index contributed by atoms with van der Waals surface area (Å²) in [6.45, 7) is 3.20. The zero-order chi connectivity index (χ0) is 16.2. The number of halogens is 1. The molecule has 2 heterocycles. The van der Waals surface area contributed by atoms with Gasteiger partial charge in [-0.15, -0.1) is 0 Å². The van der Waals surface area contributed by atoms with Gasteiger partial charge in [0.1, 0.15) is 6.10 Å². The molecule has 23 heavy (non-hydrogen) atoms. The van der Waals surface area contributed by atoms with Crippen LogP contribution in [0, 0.1) is 6.92 Å². The number of nitrogens with zero attached hydrogens (tertiary/aromatic N) is 1. The fourth-order valence-corrected chi connectivity index (χ4v) is 2.42. The second kappa shape index (κ2) is 6.98. The molecule has 1 atom stereocenters. The van der Waals surface area contributed by atoms with E-state index in [0.29, 0.717) is 35.4 Å². The van der Waals surface area contributed by atoms with Crippen LogP contribution in [-0.4, -0.2) is 30.2 Å².